The molecule has 8 nitrogen and oxygen atoms in total. The van der Waals surface area contributed by atoms with E-state index in [0.29, 0.717) is 11.3 Å². The van der Waals surface area contributed by atoms with E-state index in [4.69, 9.17) is 22.3 Å². The molecule has 0 atom stereocenters. The Bertz CT molecular complexity index is 523. The average molecular weight is 247 g/mol. The van der Waals surface area contributed by atoms with Crippen molar-refractivity contribution in [1.29, 1.82) is 10.8 Å². The second-order valence-corrected chi connectivity index (χ2v) is 3.38. The average Bonchev–Trinajstić information content (AvgIpc) is 2.28. The molecule has 0 spiro atoms. The number of nitrogens with one attached hydrogen (secondary N) is 2. The van der Waals surface area contributed by atoms with E-state index in [-0.39, 0.29) is 5.78 Å². The fourth-order valence-electron chi connectivity index (χ4n) is 1.19. The van der Waals surface area contributed by atoms with Crippen molar-refractivity contribution in [2.24, 2.45) is 21.8 Å². The third kappa shape index (κ3) is 3.37. The summed E-state index contributed by atoms with van der Waals surface area (Å²) in [4.78, 5) is 11.2. The zero-order valence-corrected chi connectivity index (χ0v) is 9.71. The second-order valence-electron chi connectivity index (χ2n) is 3.38. The molecular formula is C10H13N7O. The molecule has 0 aliphatic heterocycles. The summed E-state index contributed by atoms with van der Waals surface area (Å²) in [5.74, 6) is -1.03. The second kappa shape index (κ2) is 5.53. The molecule has 94 valence electrons. The normalized spacial score (nSPS) is 10.3. The molecule has 0 aliphatic rings. The van der Waals surface area contributed by atoms with Gasteiger partial charge in [-0.3, -0.25) is 15.6 Å². The van der Waals surface area contributed by atoms with Crippen molar-refractivity contribution in [3.8, 4) is 0 Å². The zero-order chi connectivity index (χ0) is 13.7. The lowest BCUT2D eigenvalue weighted by Crippen LogP contribution is -2.32. The van der Waals surface area contributed by atoms with Crippen LogP contribution in [0.5, 0.6) is 0 Å². The molecule has 6 N–H and O–H groups in total. The molecule has 0 amide bonds. The monoisotopic (exact) mass is 247 g/mol. The number of hydrogen-bond donors (Lipinski definition) is 4. The van der Waals surface area contributed by atoms with Crippen LogP contribution in [0.2, 0.25) is 0 Å². The van der Waals surface area contributed by atoms with Gasteiger partial charge in [-0.2, -0.15) is 5.01 Å². The maximum atomic E-state index is 11.2. The number of ketones is 1. The van der Waals surface area contributed by atoms with Gasteiger partial charge in [-0.25, -0.2) is 0 Å². The minimum atomic E-state index is -0.510. The van der Waals surface area contributed by atoms with Crippen LogP contribution >= 0.6 is 0 Å². The van der Waals surface area contributed by atoms with Crippen LogP contribution in [0.4, 0.5) is 5.69 Å². The van der Waals surface area contributed by atoms with Crippen LogP contribution in [-0.2, 0) is 0 Å². The van der Waals surface area contributed by atoms with Crippen LogP contribution in [0, 0.1) is 10.8 Å². The number of carbonyl (C=O) groups excluding carboxylic acids is 1. The highest BCUT2D eigenvalue weighted by atomic mass is 16.1. The third-order valence-corrected chi connectivity index (χ3v) is 1.97. The highest BCUT2D eigenvalue weighted by Gasteiger charge is 2.10. The van der Waals surface area contributed by atoms with Crippen LogP contribution in [0.15, 0.2) is 34.6 Å². The molecular weight excluding hydrogens is 234 g/mol. The molecule has 18 heavy (non-hydrogen) atoms. The van der Waals surface area contributed by atoms with Crippen molar-refractivity contribution >= 4 is 23.4 Å². The number of benzene rings is 1. The molecule has 0 heterocycles. The van der Waals surface area contributed by atoms with Gasteiger partial charge in [0, 0.05) is 5.56 Å². The number of nitrogens with zero attached hydrogens (tertiary/aromatic N) is 3. The van der Waals surface area contributed by atoms with Crippen molar-refractivity contribution in [3.05, 3.63) is 29.8 Å². The van der Waals surface area contributed by atoms with E-state index < -0.39 is 11.9 Å². The van der Waals surface area contributed by atoms with Gasteiger partial charge in [-0.15, -0.1) is 0 Å². The first-order valence-corrected chi connectivity index (χ1v) is 4.92. The molecule has 8 heteroatoms. The SMILES string of the molecule is CC(=O)c1cccc(N(N=NC(=N)N)C(=N)N)c1. The third-order valence-electron chi connectivity index (χ3n) is 1.97. The van der Waals surface area contributed by atoms with E-state index in [2.05, 4.69) is 10.3 Å². The number of Topliss-reactive ketones (excluding diaryl/α,β-unsaturated/α-hetero) is 1. The first-order chi connectivity index (χ1) is 8.41. The number of carbonyl (C=O) groups is 1. The van der Waals surface area contributed by atoms with Crippen molar-refractivity contribution in [2.45, 2.75) is 6.92 Å². The van der Waals surface area contributed by atoms with Crippen LogP contribution in [-0.4, -0.2) is 17.7 Å². The lowest BCUT2D eigenvalue weighted by molar-refractivity contribution is 0.101. The van der Waals surface area contributed by atoms with Gasteiger partial charge in [0.05, 0.1) is 5.69 Å². The predicted molar refractivity (Wildman–Crippen MR) is 67.6 cm³/mol. The molecule has 0 aliphatic carbocycles. The molecule has 0 unspecified atom stereocenters. The Hall–Kier alpha value is -2.77. The molecule has 0 aromatic heterocycles. The highest BCUT2D eigenvalue weighted by Crippen LogP contribution is 2.16. The Morgan fingerprint density at radius 2 is 2.00 bits per heavy atom. The van der Waals surface area contributed by atoms with E-state index in [1.54, 1.807) is 18.2 Å². The van der Waals surface area contributed by atoms with Gasteiger partial charge in [-0.1, -0.05) is 22.5 Å². The quantitative estimate of drug-likeness (QED) is 0.206. The molecule has 1 aromatic carbocycles. The van der Waals surface area contributed by atoms with Crippen molar-refractivity contribution < 1.29 is 4.79 Å². The summed E-state index contributed by atoms with van der Waals surface area (Å²) in [6.45, 7) is 1.42. The summed E-state index contributed by atoms with van der Waals surface area (Å²) in [6.07, 6.45) is 0. The maximum absolute atomic E-state index is 11.2. The number of guanidine groups is 2. The molecule has 0 radical (unpaired) electrons. The van der Waals surface area contributed by atoms with Crippen molar-refractivity contribution in [2.75, 3.05) is 5.01 Å². The fraction of sp³-hybridized carbons (Fsp3) is 0.100. The van der Waals surface area contributed by atoms with Gasteiger partial charge in [0.15, 0.2) is 5.78 Å². The van der Waals surface area contributed by atoms with E-state index in [1.165, 1.54) is 13.0 Å². The summed E-state index contributed by atoms with van der Waals surface area (Å²) in [7, 11) is 0. The zero-order valence-electron chi connectivity index (χ0n) is 9.71. The number of anilines is 1. The molecule has 0 bridgehead atoms. The van der Waals surface area contributed by atoms with Crippen LogP contribution in [0.1, 0.15) is 17.3 Å². The number of nitrogens with two attached hydrogens (primary N) is 2. The van der Waals surface area contributed by atoms with Gasteiger partial charge >= 0.3 is 0 Å². The topological polar surface area (TPSA) is 145 Å². The van der Waals surface area contributed by atoms with Gasteiger partial charge in [0.1, 0.15) is 0 Å². The summed E-state index contributed by atoms with van der Waals surface area (Å²) < 4.78 is 0. The molecule has 1 rings (SSSR count). The minimum Gasteiger partial charge on any atom is -0.368 e. The summed E-state index contributed by atoms with van der Waals surface area (Å²) >= 11 is 0. The van der Waals surface area contributed by atoms with Crippen molar-refractivity contribution in [1.82, 2.24) is 0 Å². The Morgan fingerprint density at radius 3 is 2.50 bits per heavy atom. The van der Waals surface area contributed by atoms with E-state index in [9.17, 15) is 4.79 Å². The predicted octanol–water partition coefficient (Wildman–Crippen LogP) is 0.850. The standard InChI is InChI=1S/C10H13N7O/c1-6(18)7-3-2-4-8(5-7)17(10(13)14)16-15-9(11)12/h2-5H,1H3,(H3,11,12)(H3,13,14). The van der Waals surface area contributed by atoms with Gasteiger partial charge in [0.2, 0.25) is 11.9 Å². The van der Waals surface area contributed by atoms with Gasteiger partial charge < -0.3 is 11.5 Å². The molecule has 0 saturated carbocycles. The maximum Gasteiger partial charge on any atom is 0.234 e. The smallest absolute Gasteiger partial charge is 0.234 e. The summed E-state index contributed by atoms with van der Waals surface area (Å²) in [5, 5.41) is 22.1. The van der Waals surface area contributed by atoms with E-state index in [1.807, 2.05) is 0 Å². The Morgan fingerprint density at radius 1 is 1.33 bits per heavy atom. The van der Waals surface area contributed by atoms with Crippen molar-refractivity contribution in [3.63, 3.8) is 0 Å². The summed E-state index contributed by atoms with van der Waals surface area (Å²) in [5.41, 5.74) is 11.2. The van der Waals surface area contributed by atoms with Crippen LogP contribution in [0.25, 0.3) is 0 Å². The Kier molecular flexibility index (Phi) is 4.08. The van der Waals surface area contributed by atoms with Crippen LogP contribution in [0.3, 0.4) is 0 Å². The van der Waals surface area contributed by atoms with Gasteiger partial charge in [0.25, 0.3) is 0 Å². The Balaban J connectivity index is 3.14. The summed E-state index contributed by atoms with van der Waals surface area (Å²) in [6, 6.07) is 6.38. The first-order valence-electron chi connectivity index (χ1n) is 4.92. The largest absolute Gasteiger partial charge is 0.368 e. The van der Waals surface area contributed by atoms with E-state index in [0.717, 1.165) is 5.01 Å². The minimum absolute atomic E-state index is 0.121. The molecule has 0 saturated heterocycles. The highest BCUT2D eigenvalue weighted by molar-refractivity contribution is 5.97. The molecule has 0 fully saturated rings. The Labute approximate surface area is 103 Å². The van der Waals surface area contributed by atoms with E-state index >= 15 is 0 Å². The fourth-order valence-corrected chi connectivity index (χ4v) is 1.19. The lowest BCUT2D eigenvalue weighted by atomic mass is 10.1. The number of hydrogen-bond acceptors (Lipinski definition) is 4. The number of rotatable bonds is 3. The first kappa shape index (κ1) is 13.3. The lowest BCUT2D eigenvalue weighted by Gasteiger charge is -2.15. The van der Waals surface area contributed by atoms with Crippen LogP contribution < -0.4 is 16.5 Å². The molecule has 1 aromatic rings. The van der Waals surface area contributed by atoms with Gasteiger partial charge in [-0.05, 0) is 19.1 Å².